The summed E-state index contributed by atoms with van der Waals surface area (Å²) >= 11 is 5.24. The number of carbonyl (C=O) groups is 1. The Kier molecular flexibility index (Phi) is 3.53. The summed E-state index contributed by atoms with van der Waals surface area (Å²) in [6.07, 6.45) is 1.75. The molecule has 0 aliphatic heterocycles. The van der Waals surface area contributed by atoms with Gasteiger partial charge in [-0.15, -0.1) is 11.6 Å². The first kappa shape index (κ1) is 7.70. The van der Waals surface area contributed by atoms with Gasteiger partial charge < -0.3 is 0 Å². The zero-order valence-electron chi connectivity index (χ0n) is 5.07. The molecule has 0 rings (SSSR count). The lowest BCUT2D eigenvalue weighted by Crippen LogP contribution is -1.99. The van der Waals surface area contributed by atoms with Gasteiger partial charge in [0.1, 0.15) is 0 Å². The van der Waals surface area contributed by atoms with Crippen molar-refractivity contribution >= 4 is 17.4 Å². The van der Waals surface area contributed by atoms with Crippen molar-refractivity contribution in [3.63, 3.8) is 0 Å². The van der Waals surface area contributed by atoms with E-state index < -0.39 is 0 Å². The molecule has 0 saturated carbocycles. The maximum absolute atomic E-state index is 10.5. The highest BCUT2D eigenvalue weighted by atomic mass is 35.5. The van der Waals surface area contributed by atoms with Gasteiger partial charge in [-0.25, -0.2) is 0 Å². The average molecular weight is 133 g/mol. The van der Waals surface area contributed by atoms with E-state index in [1.807, 2.05) is 6.92 Å². The Morgan fingerprint density at radius 2 is 2.25 bits per heavy atom. The highest BCUT2D eigenvalue weighted by Gasteiger charge is 1.97. The lowest BCUT2D eigenvalue weighted by Gasteiger charge is -1.89. The SMILES string of the molecule is C/C=C(\C)C(=O)CCl. The zero-order valence-corrected chi connectivity index (χ0v) is 5.83. The summed E-state index contributed by atoms with van der Waals surface area (Å²) in [4.78, 5) is 10.5. The summed E-state index contributed by atoms with van der Waals surface area (Å²) in [5.74, 6) is 0.102. The summed E-state index contributed by atoms with van der Waals surface area (Å²) in [6, 6.07) is 0. The maximum Gasteiger partial charge on any atom is 0.172 e. The minimum atomic E-state index is 0.00849. The zero-order chi connectivity index (χ0) is 6.57. The first-order valence-corrected chi connectivity index (χ1v) is 2.98. The fourth-order valence-corrected chi connectivity index (χ4v) is 0.477. The van der Waals surface area contributed by atoms with Crippen LogP contribution in [-0.4, -0.2) is 11.7 Å². The number of hydrogen-bond donors (Lipinski definition) is 0. The van der Waals surface area contributed by atoms with E-state index in [4.69, 9.17) is 11.6 Å². The summed E-state index contributed by atoms with van der Waals surface area (Å²) in [6.45, 7) is 3.57. The number of alkyl halides is 1. The molecule has 0 aliphatic rings. The van der Waals surface area contributed by atoms with Gasteiger partial charge in [-0.05, 0) is 19.4 Å². The predicted octanol–water partition coefficient (Wildman–Crippen LogP) is 1.76. The van der Waals surface area contributed by atoms with Crippen LogP contribution in [-0.2, 0) is 4.79 Å². The fraction of sp³-hybridized carbons (Fsp3) is 0.500. The Morgan fingerprint density at radius 3 is 2.38 bits per heavy atom. The Hall–Kier alpha value is -0.300. The van der Waals surface area contributed by atoms with Crippen LogP contribution in [0.1, 0.15) is 13.8 Å². The minimum Gasteiger partial charge on any atom is -0.293 e. The van der Waals surface area contributed by atoms with Crippen LogP contribution in [0.2, 0.25) is 0 Å². The minimum absolute atomic E-state index is 0.00849. The molecule has 0 saturated heterocycles. The van der Waals surface area contributed by atoms with E-state index in [9.17, 15) is 4.79 Å². The number of hydrogen-bond acceptors (Lipinski definition) is 1. The normalized spacial score (nSPS) is 11.6. The summed E-state index contributed by atoms with van der Waals surface area (Å²) in [5, 5.41) is 0. The van der Waals surface area contributed by atoms with E-state index in [-0.39, 0.29) is 11.7 Å². The Bertz CT molecular complexity index is 116. The predicted molar refractivity (Wildman–Crippen MR) is 35.2 cm³/mol. The van der Waals surface area contributed by atoms with Gasteiger partial charge in [-0.3, -0.25) is 4.79 Å². The Balaban J connectivity index is 3.83. The Morgan fingerprint density at radius 1 is 1.75 bits per heavy atom. The van der Waals surface area contributed by atoms with Crippen LogP contribution in [0.15, 0.2) is 11.6 Å². The third kappa shape index (κ3) is 2.12. The van der Waals surface area contributed by atoms with E-state index in [1.54, 1.807) is 13.0 Å². The largest absolute Gasteiger partial charge is 0.293 e. The lowest BCUT2D eigenvalue weighted by molar-refractivity contribution is -0.113. The first-order chi connectivity index (χ1) is 3.72. The molecule has 8 heavy (non-hydrogen) atoms. The molecular formula is C6H9ClO. The molecule has 0 unspecified atom stereocenters. The molecule has 0 aromatic rings. The molecule has 0 spiro atoms. The number of carbonyl (C=O) groups excluding carboxylic acids is 1. The van der Waals surface area contributed by atoms with Crippen LogP contribution in [0.5, 0.6) is 0 Å². The van der Waals surface area contributed by atoms with Gasteiger partial charge in [0.05, 0.1) is 5.88 Å². The van der Waals surface area contributed by atoms with E-state index >= 15 is 0 Å². The number of allylic oxidation sites excluding steroid dienone is 2. The topological polar surface area (TPSA) is 17.1 Å². The van der Waals surface area contributed by atoms with Crippen molar-refractivity contribution in [1.29, 1.82) is 0 Å². The fourth-order valence-electron chi connectivity index (χ4n) is 0.266. The molecule has 2 heteroatoms. The smallest absolute Gasteiger partial charge is 0.172 e. The molecule has 0 heterocycles. The van der Waals surface area contributed by atoms with Gasteiger partial charge in [0, 0.05) is 0 Å². The molecule has 0 fully saturated rings. The second-order valence-corrected chi connectivity index (χ2v) is 1.80. The number of ketones is 1. The van der Waals surface area contributed by atoms with Gasteiger partial charge in [0.25, 0.3) is 0 Å². The number of Topliss-reactive ketones (excluding diaryl/α,β-unsaturated/α-hetero) is 1. The van der Waals surface area contributed by atoms with Crippen LogP contribution < -0.4 is 0 Å². The van der Waals surface area contributed by atoms with Crippen molar-refractivity contribution in [1.82, 2.24) is 0 Å². The standard InChI is InChI=1S/C6H9ClO/c1-3-5(2)6(8)4-7/h3H,4H2,1-2H3/b5-3+. The van der Waals surface area contributed by atoms with Crippen molar-refractivity contribution in [3.05, 3.63) is 11.6 Å². The van der Waals surface area contributed by atoms with Gasteiger partial charge in [-0.2, -0.15) is 0 Å². The average Bonchev–Trinajstić information content (AvgIpc) is 1.84. The van der Waals surface area contributed by atoms with Crippen molar-refractivity contribution in [2.45, 2.75) is 13.8 Å². The first-order valence-electron chi connectivity index (χ1n) is 2.44. The molecule has 0 N–H and O–H groups in total. The summed E-state index contributed by atoms with van der Waals surface area (Å²) in [7, 11) is 0. The van der Waals surface area contributed by atoms with Crippen molar-refractivity contribution in [3.8, 4) is 0 Å². The quantitative estimate of drug-likeness (QED) is 0.413. The molecule has 0 aromatic heterocycles. The van der Waals surface area contributed by atoms with Crippen LogP contribution in [0.4, 0.5) is 0 Å². The van der Waals surface area contributed by atoms with Gasteiger partial charge in [0.2, 0.25) is 0 Å². The molecular weight excluding hydrogens is 124 g/mol. The van der Waals surface area contributed by atoms with E-state index in [0.29, 0.717) is 0 Å². The van der Waals surface area contributed by atoms with Crippen LogP contribution in [0.25, 0.3) is 0 Å². The number of rotatable bonds is 2. The third-order valence-electron chi connectivity index (χ3n) is 0.994. The highest BCUT2D eigenvalue weighted by molar-refractivity contribution is 6.30. The van der Waals surface area contributed by atoms with Crippen molar-refractivity contribution in [2.75, 3.05) is 5.88 Å². The van der Waals surface area contributed by atoms with Crippen LogP contribution in [0, 0.1) is 0 Å². The van der Waals surface area contributed by atoms with E-state index in [0.717, 1.165) is 5.57 Å². The van der Waals surface area contributed by atoms with Crippen molar-refractivity contribution < 1.29 is 4.79 Å². The summed E-state index contributed by atoms with van der Waals surface area (Å²) < 4.78 is 0. The second-order valence-electron chi connectivity index (χ2n) is 1.53. The molecule has 0 aliphatic carbocycles. The molecule has 0 aromatic carbocycles. The van der Waals surface area contributed by atoms with Gasteiger partial charge >= 0.3 is 0 Å². The number of halogens is 1. The van der Waals surface area contributed by atoms with Crippen LogP contribution in [0.3, 0.4) is 0 Å². The molecule has 0 atom stereocenters. The molecule has 46 valence electrons. The summed E-state index contributed by atoms with van der Waals surface area (Å²) in [5.41, 5.74) is 0.736. The van der Waals surface area contributed by atoms with E-state index in [2.05, 4.69) is 0 Å². The third-order valence-corrected chi connectivity index (χ3v) is 1.24. The van der Waals surface area contributed by atoms with Gasteiger partial charge in [-0.1, -0.05) is 6.08 Å². The molecule has 1 nitrogen and oxygen atoms in total. The van der Waals surface area contributed by atoms with Crippen molar-refractivity contribution in [2.24, 2.45) is 0 Å². The molecule has 0 bridgehead atoms. The Labute approximate surface area is 54.3 Å². The monoisotopic (exact) mass is 132 g/mol. The molecule has 0 amide bonds. The highest BCUT2D eigenvalue weighted by Crippen LogP contribution is 1.94. The van der Waals surface area contributed by atoms with Gasteiger partial charge in [0.15, 0.2) is 5.78 Å². The lowest BCUT2D eigenvalue weighted by atomic mass is 10.2. The van der Waals surface area contributed by atoms with Crippen LogP contribution >= 0.6 is 11.6 Å². The van der Waals surface area contributed by atoms with E-state index in [1.165, 1.54) is 0 Å². The second kappa shape index (κ2) is 3.67. The maximum atomic E-state index is 10.5. The molecule has 0 radical (unpaired) electrons.